The van der Waals surface area contributed by atoms with Crippen molar-refractivity contribution in [1.29, 1.82) is 2.77 Å². The molecule has 5 heterocycles. The number of esters is 1. The number of nitrogens with zero attached hydrogens (tertiary/aromatic N) is 1. The molecule has 4 aliphatic rings. The first-order valence-corrected chi connectivity index (χ1v) is 17.7. The van der Waals surface area contributed by atoms with Gasteiger partial charge in [-0.15, -0.1) is 0 Å². The van der Waals surface area contributed by atoms with Crippen LogP contribution in [0.25, 0.3) is 6.08 Å². The van der Waals surface area contributed by atoms with Crippen LogP contribution < -0.4 is 5.73 Å². The lowest BCUT2D eigenvalue weighted by Gasteiger charge is -2.44. The number of aromatic nitrogens is 1. The Morgan fingerprint density at radius 3 is 2.70 bits per heavy atom. The molecule has 10 nitrogen and oxygen atoms in total. The van der Waals surface area contributed by atoms with Gasteiger partial charge >= 0.3 is 5.97 Å². The van der Waals surface area contributed by atoms with Gasteiger partial charge in [0.1, 0.15) is 24.2 Å². The van der Waals surface area contributed by atoms with Gasteiger partial charge in [0.2, 0.25) is 13.6 Å². The molecule has 5 rings (SSSR count). The Morgan fingerprint density at radius 2 is 1.96 bits per heavy atom. The minimum atomic E-state index is -0.512. The summed E-state index contributed by atoms with van der Waals surface area (Å²) < 4.78 is 45.4. The zero-order valence-corrected chi connectivity index (χ0v) is 29.7. The van der Waals surface area contributed by atoms with E-state index in [4.69, 9.17) is 37.0 Å². The van der Waals surface area contributed by atoms with Crippen molar-refractivity contribution in [3.05, 3.63) is 59.9 Å². The second-order valence-electron chi connectivity index (χ2n) is 13.1. The number of hydrogen-bond acceptors (Lipinski definition) is 11. The number of fused-ring (bicyclic) bond motifs is 9. The van der Waals surface area contributed by atoms with Crippen molar-refractivity contribution in [3.63, 3.8) is 0 Å². The van der Waals surface area contributed by atoms with Gasteiger partial charge in [0.05, 0.1) is 43.2 Å². The van der Waals surface area contributed by atoms with Crippen molar-refractivity contribution < 1.29 is 38.4 Å². The molecule has 3 saturated heterocycles. The fourth-order valence-corrected chi connectivity index (χ4v) is 7.09. The fraction of sp³-hybridized carbons (Fsp3) is 0.647. The van der Waals surface area contributed by atoms with Crippen LogP contribution in [-0.2, 0) is 23.7 Å². The Labute approximate surface area is 290 Å². The summed E-state index contributed by atoms with van der Waals surface area (Å²) >= 11 is 3.60. The maximum absolute atomic E-state index is 13.1. The third-order valence-corrected chi connectivity index (χ3v) is 9.26. The van der Waals surface area contributed by atoms with E-state index in [1.165, 1.54) is 6.08 Å². The Hall–Kier alpha value is -1.76. The van der Waals surface area contributed by atoms with Crippen LogP contribution in [0, 0.1) is 11.8 Å². The van der Waals surface area contributed by atoms with Crippen LogP contribution in [0.4, 0.5) is 0 Å². The maximum atomic E-state index is 13.1. The van der Waals surface area contributed by atoms with Crippen LogP contribution in [0.15, 0.2) is 52.7 Å². The van der Waals surface area contributed by atoms with E-state index < -0.39 is 18.1 Å². The van der Waals surface area contributed by atoms with Crippen molar-refractivity contribution in [1.82, 2.24) is 4.98 Å². The van der Waals surface area contributed by atoms with Gasteiger partial charge in [0, 0.05) is 36.8 Å². The first-order chi connectivity index (χ1) is 23.4. The standard InChI is InChI=1S/C34H48N2O8.BH4PS/c1-19-11-25-7-5-10-32(39)44-34-21(3)29(43-33(22(34)4)20(2)13-23(35)17-37)8-6-9-31-36-28(18-40-31)30-15-24(38)14-27(42-30)16-26(12-19)41-25;2-1-3/h5-6,9-10,13,18,21-27,29-30,33-34,37-38H,1,7-8,11-12,14-17,35H2,2-4H3;1,3H,2H2/b9-6+,10-5-,20-13+;/t21-,22-,23+,24+,25-,26+,27-,29+,30+,33-,34-;/m0./s1/i38T;1D. The van der Waals surface area contributed by atoms with Crippen LogP contribution in [-0.4, -0.2) is 85.6 Å². The topological polar surface area (TPSA) is 146 Å². The van der Waals surface area contributed by atoms with E-state index in [9.17, 15) is 9.90 Å². The Kier molecular flexibility index (Phi) is 13.7. The second-order valence-corrected chi connectivity index (χ2v) is 14.3. The molecule has 1 unspecified atom stereocenters. The summed E-state index contributed by atoms with van der Waals surface area (Å²) in [4.78, 5) is 17.8. The lowest BCUT2D eigenvalue weighted by Crippen LogP contribution is -2.51. The molecule has 0 amide bonds. The molecule has 47 heavy (non-hydrogen) atoms. The molecule has 13 heteroatoms. The third kappa shape index (κ3) is 10.9. The monoisotopic (exact) mass is 693 g/mol. The number of nitrogens with two attached hydrogens (primary N) is 1. The molecule has 3 fully saturated rings. The number of aliphatic hydroxyl groups is 2. The predicted octanol–water partition coefficient (Wildman–Crippen LogP) is 4.39. The van der Waals surface area contributed by atoms with E-state index in [1.54, 1.807) is 6.26 Å². The SMILES string of the molecule is [2H]B(P)S.[3H]O[C@@H]1C[C@H]2C[C@H]3CC(=C)C[C@H](C/C=C\C(=O)O[C@H]4[C@@H](C)[C@@H](C/C=C/c5nc(co5)[C@@H](C1)O2)O[C@@H](/C(C)=C/[C@@H](N)CO)[C@@H]4C)O3. The predicted molar refractivity (Wildman–Crippen MR) is 190 cm³/mol. The highest BCUT2D eigenvalue weighted by Gasteiger charge is 2.44. The molecule has 4 aliphatic heterocycles. The number of ether oxygens (including phenoxy) is 4. The number of carbonyl (C=O) groups excluding carboxylic acids is 1. The molecular formula is C34H52BN2O8PS. The number of rotatable bonds is 4. The van der Waals surface area contributed by atoms with Gasteiger partial charge in [-0.2, -0.15) is 9.12 Å². The Balaban J connectivity index is 0.00000128. The first kappa shape index (κ1) is 35.1. The highest BCUT2D eigenvalue weighted by Crippen LogP contribution is 2.38. The molecule has 0 spiro atoms. The molecular weight excluding hydrogens is 638 g/mol. The molecule has 0 saturated carbocycles. The van der Waals surface area contributed by atoms with E-state index in [-0.39, 0.29) is 67.4 Å². The minimum absolute atomic E-state index is 0.0929. The molecule has 0 radical (unpaired) electrons. The van der Waals surface area contributed by atoms with Crippen molar-refractivity contribution in [2.24, 2.45) is 17.6 Å². The highest BCUT2D eigenvalue weighted by atomic mass is 32.1. The molecule has 260 valence electrons. The number of carbonyl (C=O) groups is 1. The van der Waals surface area contributed by atoms with Crippen molar-refractivity contribution in [2.45, 2.75) is 121 Å². The number of aliphatic hydroxyl groups excluding tert-OH is 2. The van der Waals surface area contributed by atoms with E-state index >= 15 is 0 Å². The summed E-state index contributed by atoms with van der Waals surface area (Å²) in [6.07, 6.45) is 12.4. The average molecular weight is 694 g/mol. The molecule has 1 aromatic rings. The molecule has 0 aliphatic carbocycles. The summed E-state index contributed by atoms with van der Waals surface area (Å²) in [7, 11) is 2.19. The first-order valence-electron chi connectivity index (χ1n) is 17.5. The van der Waals surface area contributed by atoms with E-state index in [2.05, 4.69) is 33.2 Å². The number of thiol groups is 1. The second kappa shape index (κ2) is 18.3. The summed E-state index contributed by atoms with van der Waals surface area (Å²) in [6.45, 7) is 10.1. The van der Waals surface area contributed by atoms with Gasteiger partial charge in [-0.1, -0.05) is 44.2 Å². The lowest BCUT2D eigenvalue weighted by atomic mass is 9.79. The lowest BCUT2D eigenvalue weighted by molar-refractivity contribution is -0.180. The summed E-state index contributed by atoms with van der Waals surface area (Å²) in [6, 6.07) is -0.512. The summed E-state index contributed by atoms with van der Waals surface area (Å²) in [5, 5.41) is 14.6. The maximum Gasteiger partial charge on any atom is 0.330 e. The third-order valence-electron chi connectivity index (χ3n) is 9.26. The van der Waals surface area contributed by atoms with Crippen LogP contribution in [0.1, 0.15) is 83.4 Å². The summed E-state index contributed by atoms with van der Waals surface area (Å²) in [5.74, 6) is -0.217. The largest absolute Gasteiger partial charge is 0.458 e. The Morgan fingerprint density at radius 1 is 1.21 bits per heavy atom. The highest BCUT2D eigenvalue weighted by molar-refractivity contribution is 8.20. The van der Waals surface area contributed by atoms with Crippen LogP contribution in [0.5, 0.6) is 0 Å². The zero-order chi connectivity index (χ0) is 35.7. The quantitative estimate of drug-likeness (QED) is 0.118. The average Bonchev–Trinajstić information content (AvgIpc) is 3.52. The van der Waals surface area contributed by atoms with Crippen molar-refractivity contribution in [3.8, 4) is 0 Å². The summed E-state index contributed by atoms with van der Waals surface area (Å²) in [5.41, 5.74) is 8.66. The van der Waals surface area contributed by atoms with E-state index in [0.717, 1.165) is 24.0 Å². The van der Waals surface area contributed by atoms with Crippen molar-refractivity contribution in [2.75, 3.05) is 6.61 Å². The smallest absolute Gasteiger partial charge is 0.330 e. The van der Waals surface area contributed by atoms with Gasteiger partial charge in [0.25, 0.3) is 0 Å². The molecule has 0 aromatic carbocycles. The van der Waals surface area contributed by atoms with Crippen LogP contribution in [0.2, 0.25) is 0 Å². The zero-order valence-electron chi connectivity index (χ0n) is 29.6. The molecule has 12 atom stereocenters. The van der Waals surface area contributed by atoms with E-state index in [1.807, 2.05) is 45.1 Å². The van der Waals surface area contributed by atoms with Gasteiger partial charge < -0.3 is 39.3 Å². The number of oxazole rings is 1. The van der Waals surface area contributed by atoms with E-state index in [0.29, 0.717) is 43.7 Å². The van der Waals surface area contributed by atoms with Gasteiger partial charge in [0.15, 0.2) is 0 Å². The van der Waals surface area contributed by atoms with Gasteiger partial charge in [-0.05, 0) is 52.0 Å². The van der Waals surface area contributed by atoms with Gasteiger partial charge in [-0.25, -0.2) is 22.3 Å². The molecule has 8 bridgehead atoms. The fourth-order valence-electron chi connectivity index (χ4n) is 7.09. The van der Waals surface area contributed by atoms with Crippen LogP contribution >= 0.6 is 21.6 Å². The normalized spacial score (nSPS) is 37.8. The molecule has 4 N–H and O–H groups in total. The molecule has 1 aromatic heterocycles. The number of hydrogen-bond donors (Lipinski definition) is 4. The Bertz CT molecular complexity index is 1330. The van der Waals surface area contributed by atoms with Gasteiger partial charge in [-0.3, -0.25) is 0 Å². The minimum Gasteiger partial charge on any atom is -0.458 e. The van der Waals surface area contributed by atoms with Crippen LogP contribution in [0.3, 0.4) is 0 Å². The van der Waals surface area contributed by atoms with Crippen molar-refractivity contribution >= 4 is 39.9 Å².